The molecule has 2 aromatic rings. The number of benzene rings is 2. The molecule has 0 unspecified atom stereocenters. The molecule has 0 saturated heterocycles. The van der Waals surface area contributed by atoms with Gasteiger partial charge in [-0.3, -0.25) is 19.2 Å². The zero-order valence-corrected chi connectivity index (χ0v) is 16.8. The number of anilines is 1. The van der Waals surface area contributed by atoms with E-state index >= 15 is 0 Å². The number of rotatable bonds is 10. The van der Waals surface area contributed by atoms with Gasteiger partial charge in [0.25, 0.3) is 5.91 Å². The molecule has 2 rings (SSSR count). The number of nitrogens with two attached hydrogens (primary N) is 1. The van der Waals surface area contributed by atoms with Gasteiger partial charge in [0.1, 0.15) is 5.82 Å². The van der Waals surface area contributed by atoms with E-state index in [2.05, 4.69) is 16.0 Å². The lowest BCUT2D eigenvalue weighted by Crippen LogP contribution is -2.33. The molecule has 0 fully saturated rings. The van der Waals surface area contributed by atoms with Crippen molar-refractivity contribution >= 4 is 41.1 Å². The number of carbonyl (C=O) groups is 4. The third-order valence-electron chi connectivity index (χ3n) is 3.72. The summed E-state index contributed by atoms with van der Waals surface area (Å²) in [5.41, 5.74) is 6.61. The molecule has 0 radical (unpaired) electrons. The van der Waals surface area contributed by atoms with E-state index in [4.69, 9.17) is 5.73 Å². The summed E-state index contributed by atoms with van der Waals surface area (Å²) in [4.78, 5) is 46.2. The lowest BCUT2D eigenvalue weighted by molar-refractivity contribution is -0.119. The minimum atomic E-state index is -0.631. The van der Waals surface area contributed by atoms with Crippen molar-refractivity contribution in [3.63, 3.8) is 0 Å². The molecule has 0 aliphatic rings. The smallest absolute Gasteiger partial charge is 0.251 e. The zero-order chi connectivity index (χ0) is 21.9. The quantitative estimate of drug-likeness (QED) is 0.445. The second-order valence-corrected chi connectivity index (χ2v) is 7.16. The van der Waals surface area contributed by atoms with E-state index < -0.39 is 11.8 Å². The second-order valence-electron chi connectivity index (χ2n) is 6.17. The van der Waals surface area contributed by atoms with E-state index in [9.17, 15) is 23.6 Å². The van der Waals surface area contributed by atoms with Crippen LogP contribution >= 0.6 is 11.8 Å². The van der Waals surface area contributed by atoms with Gasteiger partial charge in [-0.05, 0) is 42.0 Å². The molecule has 8 nitrogen and oxygen atoms in total. The largest absolute Gasteiger partial charge is 0.368 e. The van der Waals surface area contributed by atoms with Crippen LogP contribution in [0.2, 0.25) is 0 Å². The van der Waals surface area contributed by atoms with Gasteiger partial charge in [-0.1, -0.05) is 12.1 Å². The fourth-order valence-corrected chi connectivity index (χ4v) is 2.91. The normalized spacial score (nSPS) is 10.2. The van der Waals surface area contributed by atoms with Crippen molar-refractivity contribution in [2.45, 2.75) is 6.54 Å². The Balaban J connectivity index is 1.66. The molecule has 30 heavy (non-hydrogen) atoms. The van der Waals surface area contributed by atoms with Gasteiger partial charge in [0.05, 0.1) is 18.1 Å². The third-order valence-corrected chi connectivity index (χ3v) is 4.66. The van der Waals surface area contributed by atoms with Crippen LogP contribution in [-0.4, -0.2) is 41.7 Å². The molecule has 0 aliphatic carbocycles. The number of amides is 4. The number of halogens is 1. The van der Waals surface area contributed by atoms with Crippen molar-refractivity contribution in [1.82, 2.24) is 10.6 Å². The van der Waals surface area contributed by atoms with Crippen LogP contribution in [0.5, 0.6) is 0 Å². The first kappa shape index (κ1) is 22.9. The molecule has 0 aromatic heterocycles. The molecule has 4 amide bonds. The van der Waals surface area contributed by atoms with Crippen molar-refractivity contribution < 1.29 is 23.6 Å². The molecule has 10 heteroatoms. The Morgan fingerprint density at radius 2 is 1.50 bits per heavy atom. The van der Waals surface area contributed by atoms with Gasteiger partial charge in [0, 0.05) is 17.8 Å². The Morgan fingerprint density at radius 1 is 0.867 bits per heavy atom. The SMILES string of the molecule is NC(=O)CNC(=O)c1ccc(CNC(=O)CSCC(=O)Nc2ccc(F)cc2)cc1. The Bertz CT molecular complexity index is 904. The highest BCUT2D eigenvalue weighted by Crippen LogP contribution is 2.10. The Labute approximate surface area is 176 Å². The molecule has 0 spiro atoms. The van der Waals surface area contributed by atoms with Gasteiger partial charge in [0.15, 0.2) is 0 Å². The fraction of sp³-hybridized carbons (Fsp3) is 0.200. The Hall–Kier alpha value is -3.40. The highest BCUT2D eigenvalue weighted by molar-refractivity contribution is 8.00. The Morgan fingerprint density at radius 3 is 2.13 bits per heavy atom. The van der Waals surface area contributed by atoms with E-state index in [1.54, 1.807) is 24.3 Å². The molecule has 5 N–H and O–H groups in total. The van der Waals surface area contributed by atoms with Crippen LogP contribution in [0.15, 0.2) is 48.5 Å². The molecule has 158 valence electrons. The minimum Gasteiger partial charge on any atom is -0.368 e. The number of carbonyl (C=O) groups excluding carboxylic acids is 4. The lowest BCUT2D eigenvalue weighted by atomic mass is 10.1. The fourth-order valence-electron chi connectivity index (χ4n) is 2.26. The number of primary amides is 1. The van der Waals surface area contributed by atoms with Gasteiger partial charge in [-0.2, -0.15) is 0 Å². The predicted octanol–water partition coefficient (Wildman–Crippen LogP) is 1.03. The first-order chi connectivity index (χ1) is 14.3. The summed E-state index contributed by atoms with van der Waals surface area (Å²) in [6.45, 7) is 0.0284. The lowest BCUT2D eigenvalue weighted by Gasteiger charge is -2.07. The summed E-state index contributed by atoms with van der Waals surface area (Å²) in [7, 11) is 0. The summed E-state index contributed by atoms with van der Waals surface area (Å²) < 4.78 is 12.8. The average Bonchev–Trinajstić information content (AvgIpc) is 2.72. The van der Waals surface area contributed by atoms with Crippen LogP contribution in [-0.2, 0) is 20.9 Å². The van der Waals surface area contributed by atoms with Gasteiger partial charge in [0.2, 0.25) is 17.7 Å². The molecule has 0 bridgehead atoms. The van der Waals surface area contributed by atoms with Crippen LogP contribution in [0, 0.1) is 5.82 Å². The summed E-state index contributed by atoms with van der Waals surface area (Å²) >= 11 is 1.15. The van der Waals surface area contributed by atoms with Gasteiger partial charge in [-0.15, -0.1) is 11.8 Å². The maximum atomic E-state index is 12.8. The first-order valence-corrected chi connectivity index (χ1v) is 10.0. The molecular weight excluding hydrogens is 411 g/mol. The summed E-state index contributed by atoms with van der Waals surface area (Å²) in [6.07, 6.45) is 0. The summed E-state index contributed by atoms with van der Waals surface area (Å²) in [6, 6.07) is 11.9. The monoisotopic (exact) mass is 432 g/mol. The van der Waals surface area contributed by atoms with Crippen LogP contribution in [0.25, 0.3) is 0 Å². The van der Waals surface area contributed by atoms with Gasteiger partial charge >= 0.3 is 0 Å². The van der Waals surface area contributed by atoms with E-state index in [-0.39, 0.29) is 42.2 Å². The van der Waals surface area contributed by atoms with Crippen molar-refractivity contribution in [3.05, 3.63) is 65.5 Å². The third kappa shape index (κ3) is 8.31. The molecular formula is C20H21FN4O4S. The molecule has 2 aromatic carbocycles. The maximum absolute atomic E-state index is 12.8. The second kappa shape index (κ2) is 11.6. The topological polar surface area (TPSA) is 130 Å². The zero-order valence-electron chi connectivity index (χ0n) is 15.9. The van der Waals surface area contributed by atoms with Crippen LogP contribution in [0.3, 0.4) is 0 Å². The first-order valence-electron chi connectivity index (χ1n) is 8.89. The van der Waals surface area contributed by atoms with Gasteiger partial charge in [-0.25, -0.2) is 4.39 Å². The molecule has 0 heterocycles. The van der Waals surface area contributed by atoms with E-state index in [1.807, 2.05) is 0 Å². The molecule has 0 saturated carbocycles. The summed E-state index contributed by atoms with van der Waals surface area (Å²) in [5.74, 6) is -1.78. The highest BCUT2D eigenvalue weighted by Gasteiger charge is 2.08. The van der Waals surface area contributed by atoms with Crippen molar-refractivity contribution in [3.8, 4) is 0 Å². The van der Waals surface area contributed by atoms with Gasteiger partial charge < -0.3 is 21.7 Å². The van der Waals surface area contributed by atoms with Crippen LogP contribution in [0.1, 0.15) is 15.9 Å². The van der Waals surface area contributed by atoms with Crippen LogP contribution in [0.4, 0.5) is 10.1 Å². The number of hydrogen-bond donors (Lipinski definition) is 4. The van der Waals surface area contributed by atoms with Crippen molar-refractivity contribution in [1.29, 1.82) is 0 Å². The number of nitrogens with one attached hydrogen (secondary N) is 3. The maximum Gasteiger partial charge on any atom is 0.251 e. The molecule has 0 aliphatic heterocycles. The molecule has 0 atom stereocenters. The number of thioether (sulfide) groups is 1. The summed E-state index contributed by atoms with van der Waals surface area (Å²) in [5, 5.41) is 7.72. The van der Waals surface area contributed by atoms with Crippen LogP contribution < -0.4 is 21.7 Å². The van der Waals surface area contributed by atoms with Crippen molar-refractivity contribution in [2.24, 2.45) is 5.73 Å². The van der Waals surface area contributed by atoms with E-state index in [1.165, 1.54) is 24.3 Å². The minimum absolute atomic E-state index is 0.0832. The predicted molar refractivity (Wildman–Crippen MR) is 112 cm³/mol. The highest BCUT2D eigenvalue weighted by atomic mass is 32.2. The van der Waals surface area contributed by atoms with E-state index in [0.29, 0.717) is 11.3 Å². The number of hydrogen-bond acceptors (Lipinski definition) is 5. The van der Waals surface area contributed by atoms with Crippen molar-refractivity contribution in [2.75, 3.05) is 23.4 Å². The average molecular weight is 432 g/mol. The standard InChI is InChI=1S/C20H21FN4O4S/c21-15-5-7-16(8-6-15)25-19(28)12-30-11-18(27)23-9-13-1-3-14(4-2-13)20(29)24-10-17(22)26/h1-8H,9-12H2,(H2,22,26)(H,23,27)(H,24,29)(H,25,28). The Kier molecular flexibility index (Phi) is 8.82. The van der Waals surface area contributed by atoms with E-state index in [0.717, 1.165) is 17.3 Å².